The number of rotatable bonds is 5. The van der Waals surface area contributed by atoms with Gasteiger partial charge in [-0.1, -0.05) is 12.1 Å². The summed E-state index contributed by atoms with van der Waals surface area (Å²) in [5.41, 5.74) is 0.927. The molecular formula is C16H21ClN4O3S2. The van der Waals surface area contributed by atoms with Crippen molar-refractivity contribution in [3.8, 4) is 0 Å². The van der Waals surface area contributed by atoms with Crippen LogP contribution in [0, 0.1) is 0 Å². The number of sulfonamides is 1. The highest BCUT2D eigenvalue weighted by Crippen LogP contribution is 2.23. The molecule has 1 aliphatic rings. The van der Waals surface area contributed by atoms with Crippen LogP contribution in [0.1, 0.15) is 18.5 Å². The van der Waals surface area contributed by atoms with Gasteiger partial charge in [-0.25, -0.2) is 8.42 Å². The highest BCUT2D eigenvalue weighted by Gasteiger charge is 2.32. The largest absolute Gasteiger partial charge is 0.332 e. The van der Waals surface area contributed by atoms with E-state index < -0.39 is 16.1 Å². The van der Waals surface area contributed by atoms with E-state index in [-0.39, 0.29) is 28.6 Å². The van der Waals surface area contributed by atoms with Crippen LogP contribution in [0.2, 0.25) is 0 Å². The number of hydrogen-bond donors (Lipinski definition) is 2. The first kappa shape index (κ1) is 20.8. The molecule has 0 bridgehead atoms. The van der Waals surface area contributed by atoms with Gasteiger partial charge in [0.15, 0.2) is 0 Å². The van der Waals surface area contributed by atoms with Crippen LogP contribution in [0.4, 0.5) is 0 Å². The molecule has 0 spiro atoms. The van der Waals surface area contributed by atoms with Crippen molar-refractivity contribution >= 4 is 39.7 Å². The van der Waals surface area contributed by atoms with E-state index in [2.05, 4.69) is 15.0 Å². The normalized spacial score (nSPS) is 18.8. The molecule has 3 heterocycles. The van der Waals surface area contributed by atoms with Gasteiger partial charge in [0.2, 0.25) is 5.91 Å². The van der Waals surface area contributed by atoms with Crippen molar-refractivity contribution < 1.29 is 13.2 Å². The van der Waals surface area contributed by atoms with Gasteiger partial charge in [-0.2, -0.15) is 4.72 Å². The maximum atomic E-state index is 12.9. The fourth-order valence-electron chi connectivity index (χ4n) is 2.85. The first-order valence-corrected chi connectivity index (χ1v) is 10.3. The smallest absolute Gasteiger partial charge is 0.250 e. The van der Waals surface area contributed by atoms with Gasteiger partial charge >= 0.3 is 0 Å². The van der Waals surface area contributed by atoms with Crippen LogP contribution >= 0.6 is 23.7 Å². The van der Waals surface area contributed by atoms with Gasteiger partial charge in [0.1, 0.15) is 4.21 Å². The third-order valence-electron chi connectivity index (χ3n) is 4.06. The SMILES string of the molecule is CC(NS(=O)(=O)c1cccs1)C(=O)N1CCNCC1c1cccnc1.Cl. The summed E-state index contributed by atoms with van der Waals surface area (Å²) in [6.45, 7) is 3.38. The van der Waals surface area contributed by atoms with Gasteiger partial charge in [-0.3, -0.25) is 9.78 Å². The summed E-state index contributed by atoms with van der Waals surface area (Å²) in [6, 6.07) is 5.93. The number of nitrogens with zero attached hydrogens (tertiary/aromatic N) is 2. The average Bonchev–Trinajstić information content (AvgIpc) is 3.17. The second-order valence-electron chi connectivity index (χ2n) is 5.81. The van der Waals surface area contributed by atoms with E-state index in [1.54, 1.807) is 35.7 Å². The molecule has 2 unspecified atom stereocenters. The number of nitrogens with one attached hydrogen (secondary N) is 2. The highest BCUT2D eigenvalue weighted by molar-refractivity contribution is 7.91. The van der Waals surface area contributed by atoms with Crippen molar-refractivity contribution in [1.82, 2.24) is 19.9 Å². The van der Waals surface area contributed by atoms with E-state index in [0.717, 1.165) is 16.9 Å². The van der Waals surface area contributed by atoms with Crippen molar-refractivity contribution in [2.45, 2.75) is 23.2 Å². The van der Waals surface area contributed by atoms with Gasteiger partial charge in [0.25, 0.3) is 10.0 Å². The summed E-state index contributed by atoms with van der Waals surface area (Å²) >= 11 is 1.12. The Morgan fingerprint density at radius 1 is 1.42 bits per heavy atom. The summed E-state index contributed by atoms with van der Waals surface area (Å²) < 4.78 is 27.4. The fraction of sp³-hybridized carbons (Fsp3) is 0.375. The van der Waals surface area contributed by atoms with Crippen LogP contribution in [0.3, 0.4) is 0 Å². The number of carbonyl (C=O) groups is 1. The molecule has 10 heteroatoms. The molecule has 1 amide bonds. The maximum absolute atomic E-state index is 12.9. The lowest BCUT2D eigenvalue weighted by molar-refractivity contribution is -0.136. The molecule has 1 aliphatic heterocycles. The van der Waals surface area contributed by atoms with Crippen molar-refractivity contribution in [3.05, 3.63) is 47.6 Å². The Labute approximate surface area is 163 Å². The van der Waals surface area contributed by atoms with E-state index in [0.29, 0.717) is 19.6 Å². The topological polar surface area (TPSA) is 91.4 Å². The number of thiophene rings is 1. The molecule has 26 heavy (non-hydrogen) atoms. The van der Waals surface area contributed by atoms with Crippen LogP contribution in [0.25, 0.3) is 0 Å². The maximum Gasteiger partial charge on any atom is 0.250 e. The summed E-state index contributed by atoms with van der Waals surface area (Å²) in [5, 5.41) is 4.96. The second kappa shape index (κ2) is 8.92. The molecule has 0 radical (unpaired) electrons. The van der Waals surface area contributed by atoms with Crippen LogP contribution in [0.15, 0.2) is 46.2 Å². The minimum atomic E-state index is -3.69. The van der Waals surface area contributed by atoms with Crippen LogP contribution in [-0.2, 0) is 14.8 Å². The van der Waals surface area contributed by atoms with Crippen LogP contribution in [-0.4, -0.2) is 49.9 Å². The highest BCUT2D eigenvalue weighted by atomic mass is 35.5. The molecule has 2 atom stereocenters. The Morgan fingerprint density at radius 2 is 2.23 bits per heavy atom. The van der Waals surface area contributed by atoms with Gasteiger partial charge in [-0.05, 0) is 30.0 Å². The van der Waals surface area contributed by atoms with Gasteiger partial charge in [-0.15, -0.1) is 23.7 Å². The number of halogens is 1. The van der Waals surface area contributed by atoms with E-state index in [1.807, 2.05) is 12.1 Å². The third-order valence-corrected chi connectivity index (χ3v) is 7.00. The summed E-state index contributed by atoms with van der Waals surface area (Å²) in [5.74, 6) is -0.240. The predicted molar refractivity (Wildman–Crippen MR) is 103 cm³/mol. The Bertz CT molecular complexity index is 815. The molecule has 2 N–H and O–H groups in total. The number of pyridine rings is 1. The van der Waals surface area contributed by atoms with E-state index in [4.69, 9.17) is 0 Å². The van der Waals surface area contributed by atoms with Crippen molar-refractivity contribution in [2.75, 3.05) is 19.6 Å². The Morgan fingerprint density at radius 3 is 2.88 bits per heavy atom. The van der Waals surface area contributed by atoms with Crippen molar-refractivity contribution in [3.63, 3.8) is 0 Å². The Hall–Kier alpha value is -1.52. The van der Waals surface area contributed by atoms with Gasteiger partial charge in [0, 0.05) is 32.0 Å². The molecule has 3 rings (SSSR count). The van der Waals surface area contributed by atoms with Gasteiger partial charge < -0.3 is 10.2 Å². The van der Waals surface area contributed by atoms with Crippen LogP contribution in [0.5, 0.6) is 0 Å². The lowest BCUT2D eigenvalue weighted by atomic mass is 10.0. The number of hydrogen-bond acceptors (Lipinski definition) is 6. The number of aromatic nitrogens is 1. The summed E-state index contributed by atoms with van der Waals surface area (Å²) in [7, 11) is -3.69. The van der Waals surface area contributed by atoms with Crippen LogP contribution < -0.4 is 10.0 Å². The van der Waals surface area contributed by atoms with E-state index >= 15 is 0 Å². The number of piperazine rings is 1. The number of carbonyl (C=O) groups excluding carboxylic acids is 1. The standard InChI is InChI=1S/C16H20N4O3S2.ClH/c1-12(19-25(22,23)15-5-3-9-24-15)16(21)20-8-7-18-11-14(20)13-4-2-6-17-10-13;/h2-6,9-10,12,14,18-19H,7-8,11H2,1H3;1H. The summed E-state index contributed by atoms with van der Waals surface area (Å²) in [6.07, 6.45) is 3.42. The second-order valence-corrected chi connectivity index (χ2v) is 8.70. The first-order valence-electron chi connectivity index (χ1n) is 7.96. The molecule has 1 saturated heterocycles. The van der Waals surface area contributed by atoms with Gasteiger partial charge in [0.05, 0.1) is 12.1 Å². The zero-order valence-corrected chi connectivity index (χ0v) is 16.6. The Balaban J connectivity index is 0.00000243. The molecule has 7 nitrogen and oxygen atoms in total. The average molecular weight is 417 g/mol. The molecular weight excluding hydrogens is 396 g/mol. The molecule has 0 saturated carbocycles. The quantitative estimate of drug-likeness (QED) is 0.768. The summed E-state index contributed by atoms with van der Waals surface area (Å²) in [4.78, 5) is 18.7. The molecule has 1 fully saturated rings. The fourth-order valence-corrected chi connectivity index (χ4v) is 5.05. The zero-order valence-electron chi connectivity index (χ0n) is 14.2. The first-order chi connectivity index (χ1) is 12.0. The minimum Gasteiger partial charge on any atom is -0.332 e. The van der Waals surface area contributed by atoms with E-state index in [1.165, 1.54) is 6.07 Å². The molecule has 0 aromatic carbocycles. The Kier molecular flexibility index (Phi) is 7.13. The lowest BCUT2D eigenvalue weighted by Gasteiger charge is -2.37. The minimum absolute atomic E-state index is 0. The molecule has 2 aromatic rings. The van der Waals surface area contributed by atoms with Crippen molar-refractivity contribution in [2.24, 2.45) is 0 Å². The van der Waals surface area contributed by atoms with E-state index in [9.17, 15) is 13.2 Å². The monoisotopic (exact) mass is 416 g/mol. The molecule has 0 aliphatic carbocycles. The molecule has 142 valence electrons. The number of amides is 1. The lowest BCUT2D eigenvalue weighted by Crippen LogP contribution is -2.54. The molecule has 2 aromatic heterocycles. The van der Waals surface area contributed by atoms with Crippen molar-refractivity contribution in [1.29, 1.82) is 0 Å². The zero-order chi connectivity index (χ0) is 17.9. The predicted octanol–water partition coefficient (Wildman–Crippen LogP) is 1.40. The third kappa shape index (κ3) is 4.60.